The maximum atomic E-state index is 12.9. The molecular formula is C14H16FN3O3. The fourth-order valence-electron chi connectivity index (χ4n) is 1.80. The van der Waals surface area contributed by atoms with Gasteiger partial charge in [0, 0.05) is 6.92 Å². The first-order valence-corrected chi connectivity index (χ1v) is 6.41. The van der Waals surface area contributed by atoms with Crippen molar-refractivity contribution in [3.63, 3.8) is 0 Å². The Hall–Kier alpha value is -2.28. The largest absolute Gasteiger partial charge is 0.384 e. The van der Waals surface area contributed by atoms with Gasteiger partial charge in [0.05, 0.1) is 13.0 Å². The number of rotatable bonds is 5. The maximum absolute atomic E-state index is 12.9. The van der Waals surface area contributed by atoms with Crippen molar-refractivity contribution < 1.29 is 18.8 Å². The van der Waals surface area contributed by atoms with Gasteiger partial charge in [0.15, 0.2) is 5.82 Å². The van der Waals surface area contributed by atoms with Gasteiger partial charge in [0.1, 0.15) is 11.4 Å². The number of aryl methyl sites for hydroxylation is 1. The molecule has 21 heavy (non-hydrogen) atoms. The van der Waals surface area contributed by atoms with Gasteiger partial charge in [-0.1, -0.05) is 17.3 Å². The first kappa shape index (κ1) is 15.1. The van der Waals surface area contributed by atoms with Crippen LogP contribution in [0.1, 0.15) is 24.2 Å². The molecule has 2 N–H and O–H groups in total. The Balaban J connectivity index is 1.91. The lowest BCUT2D eigenvalue weighted by atomic mass is 9.96. The lowest BCUT2D eigenvalue weighted by Crippen LogP contribution is -2.39. The van der Waals surface area contributed by atoms with Gasteiger partial charge >= 0.3 is 0 Å². The standard InChI is InChI=1S/C14H16FN3O3/c1-9-17-12(18-21-9)7-13(19)16-8-14(2,20)10-3-5-11(15)6-4-10/h3-6,20H,7-8H2,1-2H3,(H,16,19). The smallest absolute Gasteiger partial charge is 0.227 e. The summed E-state index contributed by atoms with van der Waals surface area (Å²) < 4.78 is 17.6. The van der Waals surface area contributed by atoms with Crippen LogP contribution < -0.4 is 5.32 Å². The van der Waals surface area contributed by atoms with Crippen molar-refractivity contribution in [1.29, 1.82) is 0 Å². The summed E-state index contributed by atoms with van der Waals surface area (Å²) in [7, 11) is 0. The zero-order valence-corrected chi connectivity index (χ0v) is 11.8. The van der Waals surface area contributed by atoms with Crippen molar-refractivity contribution in [3.05, 3.63) is 47.4 Å². The van der Waals surface area contributed by atoms with Gasteiger partial charge in [-0.2, -0.15) is 4.98 Å². The third-order valence-corrected chi connectivity index (χ3v) is 2.98. The molecule has 1 unspecified atom stereocenters. The number of hydrogen-bond donors (Lipinski definition) is 2. The number of nitrogens with zero attached hydrogens (tertiary/aromatic N) is 2. The van der Waals surface area contributed by atoms with Crippen molar-refractivity contribution in [1.82, 2.24) is 15.5 Å². The molecule has 1 aromatic heterocycles. The molecule has 0 aliphatic rings. The number of aliphatic hydroxyl groups is 1. The molecule has 0 saturated carbocycles. The van der Waals surface area contributed by atoms with E-state index in [0.29, 0.717) is 11.5 Å². The van der Waals surface area contributed by atoms with Gasteiger partial charge in [0.25, 0.3) is 0 Å². The third-order valence-electron chi connectivity index (χ3n) is 2.98. The van der Waals surface area contributed by atoms with E-state index < -0.39 is 5.60 Å². The van der Waals surface area contributed by atoms with E-state index in [0.717, 1.165) is 0 Å². The fraction of sp³-hybridized carbons (Fsp3) is 0.357. The average molecular weight is 293 g/mol. The van der Waals surface area contributed by atoms with Gasteiger partial charge in [-0.15, -0.1) is 0 Å². The van der Waals surface area contributed by atoms with E-state index in [9.17, 15) is 14.3 Å². The molecule has 6 nitrogen and oxygen atoms in total. The van der Waals surface area contributed by atoms with Crippen LogP contribution in [-0.2, 0) is 16.8 Å². The molecule has 0 radical (unpaired) electrons. The van der Waals surface area contributed by atoms with Gasteiger partial charge in [-0.3, -0.25) is 4.79 Å². The predicted octanol–water partition coefficient (Wildman–Crippen LogP) is 1.08. The summed E-state index contributed by atoms with van der Waals surface area (Å²) in [6.07, 6.45) is -0.0309. The highest BCUT2D eigenvalue weighted by Gasteiger charge is 2.24. The summed E-state index contributed by atoms with van der Waals surface area (Å²) in [4.78, 5) is 15.7. The summed E-state index contributed by atoms with van der Waals surface area (Å²) in [5.74, 6) is -0.0493. The minimum absolute atomic E-state index is 0.00566. The molecule has 1 heterocycles. The fourth-order valence-corrected chi connectivity index (χ4v) is 1.80. The SMILES string of the molecule is Cc1nc(CC(=O)NCC(C)(O)c2ccc(F)cc2)no1. The molecule has 2 rings (SSSR count). The van der Waals surface area contributed by atoms with Crippen molar-refractivity contribution >= 4 is 5.91 Å². The summed E-state index contributed by atoms with van der Waals surface area (Å²) in [6, 6.07) is 5.47. The highest BCUT2D eigenvalue weighted by molar-refractivity contribution is 5.77. The van der Waals surface area contributed by atoms with Crippen molar-refractivity contribution in [2.24, 2.45) is 0 Å². The number of aromatic nitrogens is 2. The molecule has 7 heteroatoms. The summed E-state index contributed by atoms with van der Waals surface area (Å²) in [5, 5.41) is 16.5. The first-order chi connectivity index (χ1) is 9.87. The van der Waals surface area contributed by atoms with Crippen molar-refractivity contribution in [3.8, 4) is 0 Å². The molecule has 0 aliphatic carbocycles. The van der Waals surface area contributed by atoms with E-state index in [4.69, 9.17) is 4.52 Å². The molecule has 1 aromatic carbocycles. The number of nitrogens with one attached hydrogen (secondary N) is 1. The maximum Gasteiger partial charge on any atom is 0.227 e. The van der Waals surface area contributed by atoms with Crippen LogP contribution in [0.5, 0.6) is 0 Å². The van der Waals surface area contributed by atoms with Crippen LogP contribution in [0.15, 0.2) is 28.8 Å². The van der Waals surface area contributed by atoms with Gasteiger partial charge in [-0.05, 0) is 24.6 Å². The molecule has 112 valence electrons. The Morgan fingerprint density at radius 2 is 2.10 bits per heavy atom. The Bertz CT molecular complexity index is 623. The van der Waals surface area contributed by atoms with Gasteiger partial charge in [-0.25, -0.2) is 4.39 Å². The second-order valence-electron chi connectivity index (χ2n) is 4.96. The van der Waals surface area contributed by atoms with E-state index >= 15 is 0 Å². The van der Waals surface area contributed by atoms with Crippen LogP contribution in [0.2, 0.25) is 0 Å². The number of carbonyl (C=O) groups excluding carboxylic acids is 1. The second kappa shape index (κ2) is 6.01. The highest BCUT2D eigenvalue weighted by atomic mass is 19.1. The monoisotopic (exact) mass is 293 g/mol. The van der Waals surface area contributed by atoms with Crippen LogP contribution in [0.4, 0.5) is 4.39 Å². The number of halogens is 1. The molecule has 0 bridgehead atoms. The summed E-state index contributed by atoms with van der Waals surface area (Å²) in [6.45, 7) is 3.17. The Labute approximate surface area is 121 Å². The van der Waals surface area contributed by atoms with Crippen LogP contribution >= 0.6 is 0 Å². The Morgan fingerprint density at radius 1 is 1.43 bits per heavy atom. The average Bonchev–Trinajstić information content (AvgIpc) is 2.82. The van der Waals surface area contributed by atoms with Crippen molar-refractivity contribution in [2.45, 2.75) is 25.9 Å². The van der Waals surface area contributed by atoms with Crippen LogP contribution in [-0.4, -0.2) is 27.7 Å². The predicted molar refractivity (Wildman–Crippen MR) is 71.7 cm³/mol. The lowest BCUT2D eigenvalue weighted by Gasteiger charge is -2.24. The first-order valence-electron chi connectivity index (χ1n) is 6.41. The number of carbonyl (C=O) groups is 1. The van der Waals surface area contributed by atoms with E-state index in [2.05, 4.69) is 15.5 Å². The molecule has 0 fully saturated rings. The quantitative estimate of drug-likeness (QED) is 0.861. The molecule has 0 aliphatic heterocycles. The zero-order valence-electron chi connectivity index (χ0n) is 11.8. The third kappa shape index (κ3) is 4.09. The number of hydrogen-bond acceptors (Lipinski definition) is 5. The Kier molecular flexibility index (Phi) is 4.32. The molecule has 1 amide bonds. The van der Waals surface area contributed by atoms with Gasteiger partial charge < -0.3 is 14.9 Å². The molecular weight excluding hydrogens is 277 g/mol. The van der Waals surface area contributed by atoms with E-state index in [1.165, 1.54) is 24.3 Å². The molecule has 1 atom stereocenters. The normalized spacial score (nSPS) is 13.7. The summed E-state index contributed by atoms with van der Waals surface area (Å²) >= 11 is 0. The molecule has 0 saturated heterocycles. The lowest BCUT2D eigenvalue weighted by molar-refractivity contribution is -0.121. The van der Waals surface area contributed by atoms with Crippen LogP contribution in [0.3, 0.4) is 0 Å². The highest BCUT2D eigenvalue weighted by Crippen LogP contribution is 2.19. The Morgan fingerprint density at radius 3 is 2.67 bits per heavy atom. The molecule has 2 aromatic rings. The minimum atomic E-state index is -1.30. The number of benzene rings is 1. The number of amides is 1. The van der Waals surface area contributed by atoms with Crippen molar-refractivity contribution in [2.75, 3.05) is 6.54 Å². The molecule has 0 spiro atoms. The van der Waals surface area contributed by atoms with E-state index in [1.807, 2.05) is 0 Å². The summed E-state index contributed by atoms with van der Waals surface area (Å²) in [5.41, 5.74) is -0.782. The van der Waals surface area contributed by atoms with Crippen LogP contribution in [0, 0.1) is 12.7 Å². The topological polar surface area (TPSA) is 88.2 Å². The van der Waals surface area contributed by atoms with Gasteiger partial charge in [0.2, 0.25) is 11.8 Å². The zero-order chi connectivity index (χ0) is 15.5. The minimum Gasteiger partial charge on any atom is -0.384 e. The second-order valence-corrected chi connectivity index (χ2v) is 4.96. The van der Waals surface area contributed by atoms with E-state index in [1.54, 1.807) is 13.8 Å². The van der Waals surface area contributed by atoms with Crippen LogP contribution in [0.25, 0.3) is 0 Å². The van der Waals surface area contributed by atoms with E-state index in [-0.39, 0.29) is 30.5 Å².